The Hall–Kier alpha value is -1.21. The maximum absolute atomic E-state index is 13.1. The minimum Gasteiger partial charge on any atom is -0.368 e. The van der Waals surface area contributed by atoms with E-state index in [1.54, 1.807) is 0 Å². The topological polar surface area (TPSA) is 58.2 Å². The average Bonchev–Trinajstić information content (AvgIpc) is 2.10. The van der Waals surface area contributed by atoms with Gasteiger partial charge in [-0.1, -0.05) is 0 Å². The fourth-order valence-corrected chi connectivity index (χ4v) is 2.42. The van der Waals surface area contributed by atoms with Crippen LogP contribution >= 0.6 is 0 Å². The van der Waals surface area contributed by atoms with E-state index in [2.05, 4.69) is 5.32 Å². The van der Waals surface area contributed by atoms with Gasteiger partial charge in [0, 0.05) is 0 Å². The number of halogens is 2. The molecule has 1 aromatic rings. The Balaban J connectivity index is 2.81. The number of fused-ring (bicyclic) bond motifs is 1. The van der Waals surface area contributed by atoms with E-state index in [4.69, 9.17) is 0 Å². The summed E-state index contributed by atoms with van der Waals surface area (Å²) in [5.74, 6) is -1.76. The van der Waals surface area contributed by atoms with Gasteiger partial charge in [0.05, 0.1) is 12.4 Å². The number of benzene rings is 1. The summed E-state index contributed by atoms with van der Waals surface area (Å²) < 4.78 is 50.8. The summed E-state index contributed by atoms with van der Waals surface area (Å²) in [5, 5.41) is 2.42. The monoisotopic (exact) mass is 220 g/mol. The number of sulfonamides is 1. The summed E-state index contributed by atoms with van der Waals surface area (Å²) in [6.07, 6.45) is 0. The molecule has 0 radical (unpaired) electrons. The normalized spacial score (nSPS) is 18.4. The molecule has 76 valence electrons. The molecule has 1 heterocycles. The zero-order chi connectivity index (χ0) is 10.3. The predicted molar refractivity (Wildman–Crippen MR) is 45.2 cm³/mol. The second kappa shape index (κ2) is 2.89. The smallest absolute Gasteiger partial charge is 0.247 e. The molecule has 0 aromatic heterocycles. The van der Waals surface area contributed by atoms with Crippen molar-refractivity contribution in [1.29, 1.82) is 0 Å². The molecular weight excluding hydrogens is 214 g/mol. The van der Waals surface area contributed by atoms with E-state index < -0.39 is 26.6 Å². The first-order valence-electron chi connectivity index (χ1n) is 3.74. The van der Waals surface area contributed by atoms with Crippen molar-refractivity contribution in [3.8, 4) is 0 Å². The van der Waals surface area contributed by atoms with E-state index >= 15 is 0 Å². The molecule has 0 fully saturated rings. The SMILES string of the molecule is O=S1(=O)NCNc2c(F)ccc(F)c21. The largest absolute Gasteiger partial charge is 0.368 e. The van der Waals surface area contributed by atoms with Crippen molar-refractivity contribution in [2.24, 2.45) is 0 Å². The third-order valence-electron chi connectivity index (χ3n) is 1.85. The zero-order valence-corrected chi connectivity index (χ0v) is 7.66. The quantitative estimate of drug-likeness (QED) is 0.674. The van der Waals surface area contributed by atoms with Gasteiger partial charge in [0.15, 0.2) is 0 Å². The minimum atomic E-state index is -3.92. The molecule has 0 saturated carbocycles. The fourth-order valence-electron chi connectivity index (χ4n) is 1.25. The lowest BCUT2D eigenvalue weighted by atomic mass is 10.3. The van der Waals surface area contributed by atoms with Gasteiger partial charge in [-0.25, -0.2) is 17.2 Å². The zero-order valence-electron chi connectivity index (χ0n) is 6.84. The van der Waals surface area contributed by atoms with Crippen LogP contribution < -0.4 is 10.0 Å². The van der Waals surface area contributed by atoms with Crippen LogP contribution in [0.1, 0.15) is 0 Å². The molecule has 7 heteroatoms. The van der Waals surface area contributed by atoms with Crippen molar-refractivity contribution in [2.75, 3.05) is 12.0 Å². The van der Waals surface area contributed by atoms with Crippen molar-refractivity contribution in [2.45, 2.75) is 4.90 Å². The van der Waals surface area contributed by atoms with Crippen LogP contribution in [0.2, 0.25) is 0 Å². The molecule has 1 aliphatic heterocycles. The highest BCUT2D eigenvalue weighted by atomic mass is 32.2. The van der Waals surface area contributed by atoms with Crippen molar-refractivity contribution >= 4 is 15.7 Å². The lowest BCUT2D eigenvalue weighted by Crippen LogP contribution is -2.35. The summed E-state index contributed by atoms with van der Waals surface area (Å²) in [5.41, 5.74) is -0.316. The lowest BCUT2D eigenvalue weighted by Gasteiger charge is -2.19. The molecule has 0 saturated heterocycles. The number of anilines is 1. The summed E-state index contributed by atoms with van der Waals surface area (Å²) in [4.78, 5) is -0.663. The van der Waals surface area contributed by atoms with E-state index in [9.17, 15) is 17.2 Å². The van der Waals surface area contributed by atoms with Gasteiger partial charge in [0.25, 0.3) is 0 Å². The first-order valence-corrected chi connectivity index (χ1v) is 5.22. The van der Waals surface area contributed by atoms with Gasteiger partial charge in [0.2, 0.25) is 10.0 Å². The Kier molecular flexibility index (Phi) is 1.93. The number of hydrogen-bond donors (Lipinski definition) is 2. The Morgan fingerprint density at radius 1 is 1.21 bits per heavy atom. The molecule has 0 unspecified atom stereocenters. The van der Waals surface area contributed by atoms with Crippen LogP contribution in [-0.2, 0) is 10.0 Å². The standard InChI is InChI=1S/C7H6F2N2O2S/c8-4-1-2-5(9)7-6(4)10-3-11-14(7,12)13/h1-2,10-11H,3H2. The molecule has 1 aliphatic rings. The first kappa shape index (κ1) is 9.35. The van der Waals surface area contributed by atoms with Gasteiger partial charge < -0.3 is 5.32 Å². The van der Waals surface area contributed by atoms with E-state index in [1.165, 1.54) is 0 Å². The number of hydrogen-bond acceptors (Lipinski definition) is 3. The van der Waals surface area contributed by atoms with Crippen LogP contribution in [0.25, 0.3) is 0 Å². The summed E-state index contributed by atoms with van der Waals surface area (Å²) in [6, 6.07) is 1.66. The second-order valence-corrected chi connectivity index (χ2v) is 4.44. The second-order valence-electron chi connectivity index (χ2n) is 2.73. The Labute approximate surface area is 79.0 Å². The fraction of sp³-hybridized carbons (Fsp3) is 0.143. The Bertz CT molecular complexity index is 487. The van der Waals surface area contributed by atoms with Crippen LogP contribution in [0.15, 0.2) is 17.0 Å². The summed E-state index contributed by atoms with van der Waals surface area (Å²) in [6.45, 7) is -0.143. The Morgan fingerprint density at radius 3 is 2.50 bits per heavy atom. The van der Waals surface area contributed by atoms with E-state index in [0.717, 1.165) is 12.1 Å². The van der Waals surface area contributed by atoms with Gasteiger partial charge in [-0.15, -0.1) is 0 Å². The van der Waals surface area contributed by atoms with Gasteiger partial charge in [-0.2, -0.15) is 4.72 Å². The molecule has 4 nitrogen and oxygen atoms in total. The molecule has 2 N–H and O–H groups in total. The van der Waals surface area contributed by atoms with Gasteiger partial charge >= 0.3 is 0 Å². The van der Waals surface area contributed by atoms with Gasteiger partial charge in [0.1, 0.15) is 16.5 Å². The number of rotatable bonds is 0. The lowest BCUT2D eigenvalue weighted by molar-refractivity contribution is 0.543. The highest BCUT2D eigenvalue weighted by molar-refractivity contribution is 7.89. The van der Waals surface area contributed by atoms with Crippen molar-refractivity contribution in [3.63, 3.8) is 0 Å². The van der Waals surface area contributed by atoms with Crippen LogP contribution in [0, 0.1) is 11.6 Å². The van der Waals surface area contributed by atoms with E-state index in [-0.39, 0.29) is 12.4 Å². The Morgan fingerprint density at radius 2 is 1.86 bits per heavy atom. The van der Waals surface area contributed by atoms with Crippen LogP contribution in [0.3, 0.4) is 0 Å². The van der Waals surface area contributed by atoms with Crippen molar-refractivity contribution in [1.82, 2.24) is 4.72 Å². The molecule has 2 rings (SSSR count). The third-order valence-corrected chi connectivity index (χ3v) is 3.32. The van der Waals surface area contributed by atoms with Gasteiger partial charge in [-0.3, -0.25) is 0 Å². The molecule has 0 aliphatic carbocycles. The molecule has 0 spiro atoms. The van der Waals surface area contributed by atoms with Crippen molar-refractivity contribution in [3.05, 3.63) is 23.8 Å². The molecule has 1 aromatic carbocycles. The molecular formula is C7H6F2N2O2S. The predicted octanol–water partition coefficient (Wildman–Crippen LogP) is 0.626. The maximum Gasteiger partial charge on any atom is 0.247 e. The molecule has 0 bridgehead atoms. The maximum atomic E-state index is 13.1. The van der Waals surface area contributed by atoms with Gasteiger partial charge in [-0.05, 0) is 12.1 Å². The summed E-state index contributed by atoms with van der Waals surface area (Å²) in [7, 11) is -3.92. The van der Waals surface area contributed by atoms with E-state index in [0.29, 0.717) is 0 Å². The third kappa shape index (κ3) is 1.25. The van der Waals surface area contributed by atoms with Crippen LogP contribution in [0.5, 0.6) is 0 Å². The molecule has 0 atom stereocenters. The highest BCUT2D eigenvalue weighted by Crippen LogP contribution is 2.29. The first-order chi connectivity index (χ1) is 6.52. The van der Waals surface area contributed by atoms with E-state index in [1.807, 2.05) is 4.72 Å². The number of nitrogens with one attached hydrogen (secondary N) is 2. The van der Waals surface area contributed by atoms with Crippen LogP contribution in [0.4, 0.5) is 14.5 Å². The minimum absolute atomic E-state index is 0.143. The molecule has 14 heavy (non-hydrogen) atoms. The van der Waals surface area contributed by atoms with Crippen LogP contribution in [-0.4, -0.2) is 15.1 Å². The summed E-state index contributed by atoms with van der Waals surface area (Å²) >= 11 is 0. The average molecular weight is 220 g/mol. The highest BCUT2D eigenvalue weighted by Gasteiger charge is 2.29. The molecule has 0 amide bonds. The van der Waals surface area contributed by atoms with Crippen molar-refractivity contribution < 1.29 is 17.2 Å².